The van der Waals surface area contributed by atoms with Crippen LogP contribution in [-0.2, 0) is 17.8 Å². The van der Waals surface area contributed by atoms with Crippen molar-refractivity contribution in [1.29, 1.82) is 0 Å². The van der Waals surface area contributed by atoms with Gasteiger partial charge in [0.2, 0.25) is 5.91 Å². The maximum Gasteiger partial charge on any atom is 0.224 e. The minimum atomic E-state index is -0.153. The van der Waals surface area contributed by atoms with Gasteiger partial charge < -0.3 is 9.88 Å². The number of aryl methyl sites for hydroxylation is 1. The summed E-state index contributed by atoms with van der Waals surface area (Å²) in [6, 6.07) is 26.4. The fourth-order valence-electron chi connectivity index (χ4n) is 3.87. The van der Waals surface area contributed by atoms with Crippen molar-refractivity contribution in [2.24, 2.45) is 0 Å². The predicted octanol–water partition coefficient (Wildman–Crippen LogP) is 5.53. The lowest BCUT2D eigenvalue weighted by Gasteiger charge is -2.16. The van der Waals surface area contributed by atoms with E-state index >= 15 is 0 Å². The lowest BCUT2D eigenvalue weighted by atomic mass is 10.0. The van der Waals surface area contributed by atoms with Crippen LogP contribution in [-0.4, -0.2) is 15.5 Å². The Labute approximate surface area is 177 Å². The number of carbonyl (C=O) groups excluding carboxylic acids is 1. The van der Waals surface area contributed by atoms with E-state index in [2.05, 4.69) is 47.1 Å². The number of rotatable bonds is 7. The zero-order chi connectivity index (χ0) is 20.9. The number of imidazole rings is 1. The molecule has 4 heteroatoms. The molecule has 0 saturated carbocycles. The number of fused-ring (bicyclic) bond motifs is 1. The van der Waals surface area contributed by atoms with E-state index in [-0.39, 0.29) is 11.9 Å². The molecule has 4 aromatic rings. The number of aromatic nitrogens is 2. The van der Waals surface area contributed by atoms with Crippen LogP contribution in [0.4, 0.5) is 0 Å². The predicted molar refractivity (Wildman–Crippen MR) is 122 cm³/mol. The fourth-order valence-corrected chi connectivity index (χ4v) is 3.87. The number of nitrogens with one attached hydrogen (secondary N) is 1. The standard InChI is InChI=1S/C26H27N3O/c1-3-17-29-24-12-8-7-11-23(24)28-26(29)19(2)27-25(30)18-20-13-15-22(16-14-20)21-9-5-4-6-10-21/h4-16,19H,3,17-18H2,1-2H3,(H,27,30). The Kier molecular flexibility index (Phi) is 5.94. The summed E-state index contributed by atoms with van der Waals surface area (Å²) in [5.41, 5.74) is 5.42. The summed E-state index contributed by atoms with van der Waals surface area (Å²) in [5.74, 6) is 0.913. The smallest absolute Gasteiger partial charge is 0.224 e. The van der Waals surface area contributed by atoms with Crippen LogP contribution >= 0.6 is 0 Å². The van der Waals surface area contributed by atoms with Gasteiger partial charge in [0.25, 0.3) is 0 Å². The molecule has 0 bridgehead atoms. The highest BCUT2D eigenvalue weighted by molar-refractivity contribution is 5.80. The van der Waals surface area contributed by atoms with Crippen LogP contribution < -0.4 is 5.32 Å². The highest BCUT2D eigenvalue weighted by atomic mass is 16.1. The third-order valence-electron chi connectivity index (χ3n) is 5.32. The second kappa shape index (κ2) is 8.95. The van der Waals surface area contributed by atoms with Crippen LogP contribution in [0.3, 0.4) is 0 Å². The molecule has 0 aliphatic heterocycles. The molecule has 3 aromatic carbocycles. The summed E-state index contributed by atoms with van der Waals surface area (Å²) < 4.78 is 2.22. The number of para-hydroxylation sites is 2. The first-order chi connectivity index (χ1) is 14.7. The highest BCUT2D eigenvalue weighted by Gasteiger charge is 2.18. The molecule has 4 nitrogen and oxygen atoms in total. The Morgan fingerprint density at radius 2 is 1.60 bits per heavy atom. The summed E-state index contributed by atoms with van der Waals surface area (Å²) >= 11 is 0. The van der Waals surface area contributed by atoms with Crippen molar-refractivity contribution in [2.75, 3.05) is 0 Å². The van der Waals surface area contributed by atoms with Crippen LogP contribution in [0.5, 0.6) is 0 Å². The molecule has 4 rings (SSSR count). The van der Waals surface area contributed by atoms with Crippen molar-refractivity contribution in [1.82, 2.24) is 14.9 Å². The van der Waals surface area contributed by atoms with Gasteiger partial charge in [-0.15, -0.1) is 0 Å². The van der Waals surface area contributed by atoms with Gasteiger partial charge in [0.15, 0.2) is 0 Å². The van der Waals surface area contributed by atoms with Crippen molar-refractivity contribution in [2.45, 2.75) is 39.3 Å². The van der Waals surface area contributed by atoms with Crippen molar-refractivity contribution < 1.29 is 4.79 Å². The highest BCUT2D eigenvalue weighted by Crippen LogP contribution is 2.22. The Bertz CT molecular complexity index is 1130. The van der Waals surface area contributed by atoms with E-state index in [0.717, 1.165) is 41.0 Å². The van der Waals surface area contributed by atoms with Crippen LogP contribution in [0.2, 0.25) is 0 Å². The third kappa shape index (κ3) is 4.28. The lowest BCUT2D eigenvalue weighted by Crippen LogP contribution is -2.30. The maximum atomic E-state index is 12.7. The van der Waals surface area contributed by atoms with E-state index < -0.39 is 0 Å². The van der Waals surface area contributed by atoms with Crippen molar-refractivity contribution in [3.05, 3.63) is 90.3 Å². The molecule has 0 aliphatic carbocycles. The molecule has 1 heterocycles. The zero-order valence-electron chi connectivity index (χ0n) is 17.5. The fraction of sp³-hybridized carbons (Fsp3) is 0.231. The Hall–Kier alpha value is -3.40. The van der Waals surface area contributed by atoms with Gasteiger partial charge in [-0.2, -0.15) is 0 Å². The topological polar surface area (TPSA) is 46.9 Å². The van der Waals surface area contributed by atoms with E-state index in [1.807, 2.05) is 55.5 Å². The van der Waals surface area contributed by atoms with Gasteiger partial charge in [0.1, 0.15) is 5.82 Å². The molecule has 0 aliphatic rings. The molecule has 30 heavy (non-hydrogen) atoms. The first kappa shape index (κ1) is 19.9. The van der Waals surface area contributed by atoms with Crippen LogP contribution in [0.25, 0.3) is 22.2 Å². The molecule has 0 saturated heterocycles. The molecule has 152 valence electrons. The van der Waals surface area contributed by atoms with Gasteiger partial charge in [-0.3, -0.25) is 4.79 Å². The number of nitrogens with zero attached hydrogens (tertiary/aromatic N) is 2. The van der Waals surface area contributed by atoms with Gasteiger partial charge in [-0.05, 0) is 42.2 Å². The first-order valence-corrected chi connectivity index (χ1v) is 10.5. The second-order valence-corrected chi connectivity index (χ2v) is 7.64. The summed E-state index contributed by atoms with van der Waals surface area (Å²) in [7, 11) is 0. The normalized spacial score (nSPS) is 12.1. The van der Waals surface area contributed by atoms with Crippen LogP contribution in [0.1, 0.15) is 37.7 Å². The van der Waals surface area contributed by atoms with Crippen molar-refractivity contribution >= 4 is 16.9 Å². The van der Waals surface area contributed by atoms with E-state index in [4.69, 9.17) is 4.98 Å². The molecule has 0 spiro atoms. The Balaban J connectivity index is 1.45. The Morgan fingerprint density at radius 1 is 0.933 bits per heavy atom. The van der Waals surface area contributed by atoms with Gasteiger partial charge >= 0.3 is 0 Å². The van der Waals surface area contributed by atoms with Gasteiger partial charge in [-0.25, -0.2) is 4.98 Å². The monoisotopic (exact) mass is 397 g/mol. The molecule has 1 aromatic heterocycles. The molecular weight excluding hydrogens is 370 g/mol. The molecule has 1 atom stereocenters. The number of carbonyl (C=O) groups is 1. The summed E-state index contributed by atoms with van der Waals surface area (Å²) in [5, 5.41) is 3.13. The van der Waals surface area contributed by atoms with Crippen LogP contribution in [0, 0.1) is 0 Å². The number of hydrogen-bond acceptors (Lipinski definition) is 2. The first-order valence-electron chi connectivity index (χ1n) is 10.5. The van der Waals surface area contributed by atoms with Crippen molar-refractivity contribution in [3.8, 4) is 11.1 Å². The number of amides is 1. The van der Waals surface area contributed by atoms with Crippen molar-refractivity contribution in [3.63, 3.8) is 0 Å². The van der Waals surface area contributed by atoms with E-state index in [1.165, 1.54) is 5.56 Å². The molecule has 1 unspecified atom stereocenters. The van der Waals surface area contributed by atoms with E-state index in [0.29, 0.717) is 6.42 Å². The maximum absolute atomic E-state index is 12.7. The minimum absolute atomic E-state index is 0.00469. The lowest BCUT2D eigenvalue weighted by molar-refractivity contribution is -0.121. The third-order valence-corrected chi connectivity index (χ3v) is 5.32. The zero-order valence-corrected chi connectivity index (χ0v) is 17.5. The van der Waals surface area contributed by atoms with Crippen LogP contribution in [0.15, 0.2) is 78.9 Å². The number of hydrogen-bond donors (Lipinski definition) is 1. The minimum Gasteiger partial charge on any atom is -0.346 e. The largest absolute Gasteiger partial charge is 0.346 e. The molecule has 1 N–H and O–H groups in total. The van der Waals surface area contributed by atoms with Gasteiger partial charge in [-0.1, -0.05) is 73.7 Å². The molecule has 0 fully saturated rings. The summed E-state index contributed by atoms with van der Waals surface area (Å²) in [6.45, 7) is 5.04. The number of benzene rings is 3. The average molecular weight is 398 g/mol. The molecule has 1 amide bonds. The summed E-state index contributed by atoms with van der Waals surface area (Å²) in [6.07, 6.45) is 1.37. The summed E-state index contributed by atoms with van der Waals surface area (Å²) in [4.78, 5) is 17.5. The average Bonchev–Trinajstić information content (AvgIpc) is 3.14. The SMILES string of the molecule is CCCn1c(C(C)NC(=O)Cc2ccc(-c3ccccc3)cc2)nc2ccccc21. The van der Waals surface area contributed by atoms with E-state index in [1.54, 1.807) is 0 Å². The van der Waals surface area contributed by atoms with E-state index in [9.17, 15) is 4.79 Å². The van der Waals surface area contributed by atoms with Gasteiger partial charge in [0.05, 0.1) is 23.5 Å². The molecule has 0 radical (unpaired) electrons. The molecular formula is C26H27N3O. The van der Waals surface area contributed by atoms with Gasteiger partial charge in [0, 0.05) is 6.54 Å². The Morgan fingerprint density at radius 3 is 2.33 bits per heavy atom. The quantitative estimate of drug-likeness (QED) is 0.445. The second-order valence-electron chi connectivity index (χ2n) is 7.64.